The van der Waals surface area contributed by atoms with E-state index < -0.39 is 17.1 Å². The van der Waals surface area contributed by atoms with E-state index in [1.165, 1.54) is 24.4 Å². The number of aryl methyl sites for hydroxylation is 1. The minimum Gasteiger partial charge on any atom is -0.364 e. The molecule has 0 spiro atoms. The molecule has 7 heteroatoms. The molecule has 1 aromatic carbocycles. The second-order valence-electron chi connectivity index (χ2n) is 4.22. The number of halogens is 2. The molecule has 0 aliphatic rings. The van der Waals surface area contributed by atoms with Gasteiger partial charge >= 0.3 is 0 Å². The Morgan fingerprint density at radius 2 is 2.05 bits per heavy atom. The topological polar surface area (TPSA) is 62.0 Å². The Morgan fingerprint density at radius 1 is 1.33 bits per heavy atom. The maximum absolute atomic E-state index is 12.5. The molecule has 0 fully saturated rings. The van der Waals surface area contributed by atoms with Gasteiger partial charge in [0.25, 0.3) is 11.7 Å². The van der Waals surface area contributed by atoms with Crippen LogP contribution in [0.3, 0.4) is 0 Å². The number of amides is 1. The summed E-state index contributed by atoms with van der Waals surface area (Å²) in [5, 5.41) is 2.48. The molecule has 2 rings (SSSR count). The van der Waals surface area contributed by atoms with E-state index in [0.29, 0.717) is 17.5 Å². The molecule has 0 radical (unpaired) electrons. The third kappa shape index (κ3) is 3.91. The van der Waals surface area contributed by atoms with Crippen LogP contribution in [0, 0.1) is 6.92 Å². The number of aromatic nitrogens is 1. The highest BCUT2D eigenvalue weighted by Gasteiger charge is 2.14. The molecule has 21 heavy (non-hydrogen) atoms. The number of thioether (sulfide) groups is 1. The van der Waals surface area contributed by atoms with Crippen molar-refractivity contribution in [2.75, 3.05) is 5.32 Å². The lowest BCUT2D eigenvalue weighted by atomic mass is 10.2. The molecule has 1 heterocycles. The molecule has 0 saturated heterocycles. The highest BCUT2D eigenvalue weighted by Crippen LogP contribution is 2.31. The van der Waals surface area contributed by atoms with E-state index in [2.05, 4.69) is 10.3 Å². The summed E-state index contributed by atoms with van der Waals surface area (Å²) in [5.41, 5.74) is 0.373. The molecule has 2 aromatic rings. The number of nitrogens with one attached hydrogen (secondary N) is 2. The van der Waals surface area contributed by atoms with E-state index >= 15 is 0 Å². The first-order valence-corrected chi connectivity index (χ1v) is 6.90. The third-order valence-electron chi connectivity index (χ3n) is 2.65. The van der Waals surface area contributed by atoms with E-state index in [4.69, 9.17) is 0 Å². The number of pyridine rings is 1. The molecule has 110 valence electrons. The van der Waals surface area contributed by atoms with Gasteiger partial charge in [0.1, 0.15) is 5.56 Å². The predicted octanol–water partition coefficient (Wildman–Crippen LogP) is 3.25. The Balaban J connectivity index is 2.25. The normalized spacial score (nSPS) is 10.7. The van der Waals surface area contributed by atoms with Crippen molar-refractivity contribution in [2.24, 2.45) is 0 Å². The smallest absolute Gasteiger partial charge is 0.288 e. The van der Waals surface area contributed by atoms with Crippen LogP contribution in [0.25, 0.3) is 0 Å². The van der Waals surface area contributed by atoms with Crippen molar-refractivity contribution in [2.45, 2.75) is 17.6 Å². The van der Waals surface area contributed by atoms with Crippen LogP contribution in [0.4, 0.5) is 14.5 Å². The molecule has 4 nitrogen and oxygen atoms in total. The number of aromatic amines is 1. The molecule has 1 aromatic heterocycles. The van der Waals surface area contributed by atoms with Gasteiger partial charge in [0.15, 0.2) is 5.43 Å². The maximum atomic E-state index is 12.5. The third-order valence-corrected chi connectivity index (χ3v) is 3.44. The summed E-state index contributed by atoms with van der Waals surface area (Å²) in [6.07, 6.45) is 1.30. The number of benzene rings is 1. The fourth-order valence-electron chi connectivity index (χ4n) is 1.71. The summed E-state index contributed by atoms with van der Waals surface area (Å²) in [7, 11) is 0. The van der Waals surface area contributed by atoms with E-state index in [1.807, 2.05) is 0 Å². The Kier molecular flexibility index (Phi) is 4.74. The molecule has 0 aliphatic carbocycles. The molecule has 0 aliphatic heterocycles. The van der Waals surface area contributed by atoms with Gasteiger partial charge in [-0.15, -0.1) is 0 Å². The van der Waals surface area contributed by atoms with Crippen molar-refractivity contribution >= 4 is 23.4 Å². The minimum atomic E-state index is -2.59. The second kappa shape index (κ2) is 6.53. The number of anilines is 1. The second-order valence-corrected chi connectivity index (χ2v) is 5.25. The number of hydrogen-bond donors (Lipinski definition) is 2. The van der Waals surface area contributed by atoms with Crippen molar-refractivity contribution in [1.82, 2.24) is 4.98 Å². The van der Waals surface area contributed by atoms with E-state index in [1.54, 1.807) is 19.1 Å². The maximum Gasteiger partial charge on any atom is 0.288 e. The first kappa shape index (κ1) is 15.2. The molecule has 0 atom stereocenters. The van der Waals surface area contributed by atoms with Crippen molar-refractivity contribution in [1.29, 1.82) is 0 Å². The molecule has 1 amide bonds. The van der Waals surface area contributed by atoms with Gasteiger partial charge in [0, 0.05) is 22.9 Å². The lowest BCUT2D eigenvalue weighted by Gasteiger charge is -2.10. The fourth-order valence-corrected chi connectivity index (χ4v) is 2.30. The average Bonchev–Trinajstić information content (AvgIpc) is 2.40. The number of rotatable bonds is 4. The first-order chi connectivity index (χ1) is 9.97. The lowest BCUT2D eigenvalue weighted by Crippen LogP contribution is -2.21. The molecule has 2 N–H and O–H groups in total. The molecular weight excluding hydrogens is 298 g/mol. The Hall–Kier alpha value is -2.15. The highest BCUT2D eigenvalue weighted by molar-refractivity contribution is 7.99. The number of para-hydroxylation sites is 1. The number of carbonyl (C=O) groups excluding carboxylic acids is 1. The summed E-state index contributed by atoms with van der Waals surface area (Å²) < 4.78 is 24.9. The van der Waals surface area contributed by atoms with E-state index in [-0.39, 0.29) is 16.1 Å². The summed E-state index contributed by atoms with van der Waals surface area (Å²) >= 11 is 0.335. The molecule has 0 bridgehead atoms. The highest BCUT2D eigenvalue weighted by atomic mass is 32.2. The van der Waals surface area contributed by atoms with Crippen LogP contribution >= 0.6 is 11.8 Å². The van der Waals surface area contributed by atoms with Gasteiger partial charge in [-0.25, -0.2) is 0 Å². The van der Waals surface area contributed by atoms with Gasteiger partial charge in [-0.3, -0.25) is 9.59 Å². The summed E-state index contributed by atoms with van der Waals surface area (Å²) in [4.78, 5) is 26.8. The van der Waals surface area contributed by atoms with Crippen LogP contribution in [0.1, 0.15) is 16.1 Å². The summed E-state index contributed by atoms with van der Waals surface area (Å²) in [6.45, 7) is 1.69. The van der Waals surface area contributed by atoms with Crippen molar-refractivity contribution < 1.29 is 13.6 Å². The quantitative estimate of drug-likeness (QED) is 0.852. The van der Waals surface area contributed by atoms with Gasteiger partial charge in [-0.1, -0.05) is 23.9 Å². The predicted molar refractivity (Wildman–Crippen MR) is 78.1 cm³/mol. The largest absolute Gasteiger partial charge is 0.364 e. The number of carbonyl (C=O) groups is 1. The zero-order chi connectivity index (χ0) is 15.4. The first-order valence-electron chi connectivity index (χ1n) is 6.02. The van der Waals surface area contributed by atoms with Crippen LogP contribution in [0.15, 0.2) is 46.2 Å². The van der Waals surface area contributed by atoms with Gasteiger partial charge in [-0.05, 0) is 19.1 Å². The van der Waals surface area contributed by atoms with Crippen molar-refractivity contribution in [3.05, 3.63) is 58.0 Å². The number of hydrogen-bond acceptors (Lipinski definition) is 3. The van der Waals surface area contributed by atoms with Gasteiger partial charge in [0.05, 0.1) is 5.69 Å². The number of H-pyrrole nitrogens is 1. The molecule has 0 unspecified atom stereocenters. The monoisotopic (exact) mass is 310 g/mol. The SMILES string of the molecule is Cc1cc(=O)c(C(=O)Nc2ccccc2SC(F)F)c[nH]1. The van der Waals surface area contributed by atoms with Gasteiger partial charge < -0.3 is 10.3 Å². The van der Waals surface area contributed by atoms with Gasteiger partial charge in [0.2, 0.25) is 0 Å². The fraction of sp³-hybridized carbons (Fsp3) is 0.143. The van der Waals surface area contributed by atoms with Crippen molar-refractivity contribution in [3.63, 3.8) is 0 Å². The Morgan fingerprint density at radius 3 is 2.71 bits per heavy atom. The van der Waals surface area contributed by atoms with Crippen LogP contribution in [0.2, 0.25) is 0 Å². The van der Waals surface area contributed by atoms with E-state index in [0.717, 1.165) is 0 Å². The standard InChI is InChI=1S/C14H12F2N2O2S/c1-8-6-11(19)9(7-17-8)13(20)18-10-4-2-3-5-12(10)21-14(15)16/h2-7,14H,1H3,(H,17,19)(H,18,20). The van der Waals surface area contributed by atoms with Gasteiger partial charge in [-0.2, -0.15) is 8.78 Å². The Labute approximate surface area is 123 Å². The van der Waals surface area contributed by atoms with E-state index in [9.17, 15) is 18.4 Å². The Bertz CT molecular complexity index is 716. The molecular formula is C14H12F2N2O2S. The van der Waals surface area contributed by atoms with Crippen molar-refractivity contribution in [3.8, 4) is 0 Å². The average molecular weight is 310 g/mol. The van der Waals surface area contributed by atoms with Crippen LogP contribution in [-0.2, 0) is 0 Å². The summed E-state index contributed by atoms with van der Waals surface area (Å²) in [5.74, 6) is -3.23. The summed E-state index contributed by atoms with van der Waals surface area (Å²) in [6, 6.07) is 7.50. The van der Waals surface area contributed by atoms with Crippen LogP contribution < -0.4 is 10.7 Å². The number of alkyl halides is 2. The molecule has 0 saturated carbocycles. The lowest BCUT2D eigenvalue weighted by molar-refractivity contribution is 0.102. The van der Waals surface area contributed by atoms with Crippen LogP contribution in [0.5, 0.6) is 0 Å². The zero-order valence-corrected chi connectivity index (χ0v) is 11.8. The minimum absolute atomic E-state index is 0.0718. The van der Waals surface area contributed by atoms with Crippen LogP contribution in [-0.4, -0.2) is 16.6 Å². The zero-order valence-electron chi connectivity index (χ0n) is 11.0.